The molecule has 5 rings (SSSR count). The van der Waals surface area contributed by atoms with E-state index >= 15 is 0 Å². The molecule has 38 heavy (non-hydrogen) atoms. The summed E-state index contributed by atoms with van der Waals surface area (Å²) < 4.78 is 21.6. The Balaban J connectivity index is 1.43. The molecule has 4 aromatic rings. The van der Waals surface area contributed by atoms with Gasteiger partial charge in [-0.2, -0.15) is 0 Å². The summed E-state index contributed by atoms with van der Waals surface area (Å²) in [6.07, 6.45) is 2.02. The molecule has 1 aliphatic rings. The summed E-state index contributed by atoms with van der Waals surface area (Å²) in [6, 6.07) is 26.2. The molecular weight excluding hydrogens is 481 g/mol. The molecule has 6 nitrogen and oxygen atoms in total. The van der Waals surface area contributed by atoms with Crippen LogP contribution < -0.4 is 4.74 Å². The number of fused-ring (bicyclic) bond motifs is 1. The summed E-state index contributed by atoms with van der Waals surface area (Å²) >= 11 is 0. The van der Waals surface area contributed by atoms with Crippen molar-refractivity contribution in [1.29, 1.82) is 0 Å². The number of halogens is 1. The van der Waals surface area contributed by atoms with Crippen molar-refractivity contribution in [3.63, 3.8) is 0 Å². The number of rotatable bonds is 7. The number of hydrogen-bond donors (Lipinski definition) is 0. The Kier molecular flexibility index (Phi) is 7.26. The number of carbonyl (C=O) groups is 2. The highest BCUT2D eigenvalue weighted by atomic mass is 19.1. The van der Waals surface area contributed by atoms with Crippen LogP contribution in [-0.4, -0.2) is 45.3 Å². The quantitative estimate of drug-likeness (QED) is 0.310. The lowest BCUT2D eigenvalue weighted by molar-refractivity contribution is -0.135. The van der Waals surface area contributed by atoms with Crippen LogP contribution in [0.3, 0.4) is 0 Å². The van der Waals surface area contributed by atoms with E-state index in [4.69, 9.17) is 4.74 Å². The molecule has 0 radical (unpaired) electrons. The number of benzene rings is 3. The summed E-state index contributed by atoms with van der Waals surface area (Å²) in [4.78, 5) is 30.5. The highest BCUT2D eigenvalue weighted by Crippen LogP contribution is 2.35. The number of carbonyl (C=O) groups excluding carboxylic acids is 2. The maximum absolute atomic E-state index is 13.8. The molecule has 7 heteroatoms. The van der Waals surface area contributed by atoms with Gasteiger partial charge in [-0.05, 0) is 80.1 Å². The monoisotopic (exact) mass is 511 g/mol. The van der Waals surface area contributed by atoms with Gasteiger partial charge in [-0.1, -0.05) is 30.3 Å². The molecule has 0 aliphatic carbocycles. The summed E-state index contributed by atoms with van der Waals surface area (Å²) in [7, 11) is 0. The van der Waals surface area contributed by atoms with Gasteiger partial charge in [0.15, 0.2) is 0 Å². The second kappa shape index (κ2) is 10.9. The molecule has 0 bridgehead atoms. The van der Waals surface area contributed by atoms with Crippen molar-refractivity contribution in [3.05, 3.63) is 120 Å². The largest absolute Gasteiger partial charge is 0.457 e. The van der Waals surface area contributed by atoms with Gasteiger partial charge in [-0.3, -0.25) is 9.59 Å². The van der Waals surface area contributed by atoms with Crippen LogP contribution in [0.25, 0.3) is 0 Å². The topological polar surface area (TPSA) is 54.8 Å². The lowest BCUT2D eigenvalue weighted by Crippen LogP contribution is -2.49. The molecule has 2 heterocycles. The van der Waals surface area contributed by atoms with Crippen molar-refractivity contribution in [2.45, 2.75) is 32.5 Å². The number of ether oxygens (including phenoxy) is 1. The third-order valence-electron chi connectivity index (χ3n) is 6.79. The molecule has 0 N–H and O–H groups in total. The Bertz CT molecular complexity index is 1420. The Morgan fingerprint density at radius 1 is 0.921 bits per heavy atom. The zero-order valence-corrected chi connectivity index (χ0v) is 21.5. The van der Waals surface area contributed by atoms with Crippen LogP contribution in [0, 0.1) is 5.82 Å². The standard InChI is InChI=1S/C31H30FN3O3/c1-22(2)35(31(37)23-13-15-25(32)16-14-23)21-29(36)34-19-18-33-17-7-12-28(33)30(34)24-8-6-11-27(20-24)38-26-9-4-3-5-10-26/h3-17,20,22,30H,18-19,21H2,1-2H3/t30-/m0/s1. The molecular formula is C31H30FN3O3. The van der Waals surface area contributed by atoms with Crippen LogP contribution in [0.4, 0.5) is 4.39 Å². The van der Waals surface area contributed by atoms with E-state index in [1.54, 1.807) is 0 Å². The van der Waals surface area contributed by atoms with Crippen molar-refractivity contribution in [3.8, 4) is 11.5 Å². The summed E-state index contributed by atoms with van der Waals surface area (Å²) in [5.74, 6) is 0.549. The van der Waals surface area contributed by atoms with Crippen LogP contribution in [0.1, 0.15) is 41.5 Å². The molecule has 2 amide bonds. The first-order chi connectivity index (χ1) is 18.4. The molecule has 0 saturated carbocycles. The second-order valence-electron chi connectivity index (χ2n) is 9.64. The van der Waals surface area contributed by atoms with Crippen LogP contribution in [0.5, 0.6) is 11.5 Å². The van der Waals surface area contributed by atoms with Gasteiger partial charge in [0, 0.05) is 36.6 Å². The smallest absolute Gasteiger partial charge is 0.254 e. The summed E-state index contributed by atoms with van der Waals surface area (Å²) in [5.41, 5.74) is 2.28. The molecule has 194 valence electrons. The molecule has 1 atom stereocenters. The molecule has 1 aliphatic heterocycles. The normalized spacial score (nSPS) is 14.7. The van der Waals surface area contributed by atoms with Crippen LogP contribution in [0.2, 0.25) is 0 Å². The van der Waals surface area contributed by atoms with Gasteiger partial charge in [-0.15, -0.1) is 0 Å². The predicted molar refractivity (Wildman–Crippen MR) is 144 cm³/mol. The molecule has 0 fully saturated rings. The van der Waals surface area contributed by atoms with Gasteiger partial charge >= 0.3 is 0 Å². The first kappa shape index (κ1) is 25.3. The average Bonchev–Trinajstić information content (AvgIpc) is 3.41. The average molecular weight is 512 g/mol. The molecule has 1 aromatic heterocycles. The highest BCUT2D eigenvalue weighted by molar-refractivity contribution is 5.96. The Hall–Kier alpha value is -4.39. The van der Waals surface area contributed by atoms with Gasteiger partial charge in [0.2, 0.25) is 5.91 Å². The van der Waals surface area contributed by atoms with Crippen LogP contribution in [0.15, 0.2) is 97.2 Å². The number of aromatic nitrogens is 1. The van der Waals surface area contributed by atoms with E-state index in [0.29, 0.717) is 24.4 Å². The van der Waals surface area contributed by atoms with Gasteiger partial charge < -0.3 is 19.1 Å². The highest BCUT2D eigenvalue weighted by Gasteiger charge is 2.34. The van der Waals surface area contributed by atoms with Gasteiger partial charge in [0.25, 0.3) is 5.91 Å². The fourth-order valence-electron chi connectivity index (χ4n) is 4.86. The van der Waals surface area contributed by atoms with E-state index in [1.165, 1.54) is 29.2 Å². The first-order valence-electron chi connectivity index (χ1n) is 12.7. The fraction of sp³-hybridized carbons (Fsp3) is 0.226. The minimum atomic E-state index is -0.411. The minimum Gasteiger partial charge on any atom is -0.457 e. The zero-order chi connectivity index (χ0) is 26.6. The summed E-state index contributed by atoms with van der Waals surface area (Å²) in [6.45, 7) is 4.84. The second-order valence-corrected chi connectivity index (χ2v) is 9.64. The third-order valence-corrected chi connectivity index (χ3v) is 6.79. The maximum atomic E-state index is 13.8. The van der Waals surface area contributed by atoms with Crippen molar-refractivity contribution in [1.82, 2.24) is 14.4 Å². The molecule has 0 spiro atoms. The minimum absolute atomic E-state index is 0.0781. The van der Waals surface area contributed by atoms with E-state index in [0.717, 1.165) is 17.0 Å². The molecule has 0 unspecified atom stereocenters. The zero-order valence-electron chi connectivity index (χ0n) is 21.5. The van der Waals surface area contributed by atoms with E-state index in [2.05, 4.69) is 4.57 Å². The van der Waals surface area contributed by atoms with Crippen molar-refractivity contribution >= 4 is 11.8 Å². The SMILES string of the molecule is CC(C)N(CC(=O)N1CCn2cccc2[C@@H]1c1cccc(Oc2ccccc2)c1)C(=O)c1ccc(F)cc1. The maximum Gasteiger partial charge on any atom is 0.254 e. The third kappa shape index (κ3) is 5.32. The lowest BCUT2D eigenvalue weighted by Gasteiger charge is -2.39. The van der Waals surface area contributed by atoms with E-state index < -0.39 is 5.82 Å². The summed E-state index contributed by atoms with van der Waals surface area (Å²) in [5, 5.41) is 0. The van der Waals surface area contributed by atoms with Gasteiger partial charge in [0.05, 0.1) is 6.04 Å². The van der Waals surface area contributed by atoms with Gasteiger partial charge in [-0.25, -0.2) is 4.39 Å². The van der Waals surface area contributed by atoms with Crippen LogP contribution >= 0.6 is 0 Å². The number of hydrogen-bond acceptors (Lipinski definition) is 3. The Morgan fingerprint density at radius 2 is 1.66 bits per heavy atom. The van der Waals surface area contributed by atoms with Crippen molar-refractivity contribution < 1.29 is 18.7 Å². The van der Waals surface area contributed by atoms with Crippen molar-refractivity contribution in [2.24, 2.45) is 0 Å². The lowest BCUT2D eigenvalue weighted by atomic mass is 9.99. The molecule has 0 saturated heterocycles. The fourth-order valence-corrected chi connectivity index (χ4v) is 4.86. The van der Waals surface area contributed by atoms with E-state index in [1.807, 2.05) is 91.7 Å². The van der Waals surface area contributed by atoms with Crippen molar-refractivity contribution in [2.75, 3.05) is 13.1 Å². The predicted octanol–water partition coefficient (Wildman–Crippen LogP) is 5.90. The number of para-hydroxylation sites is 1. The van der Waals surface area contributed by atoms with E-state index in [9.17, 15) is 14.0 Å². The Labute approximate surface area is 221 Å². The molecule has 3 aromatic carbocycles. The number of amides is 2. The Morgan fingerprint density at radius 3 is 2.39 bits per heavy atom. The van der Waals surface area contributed by atoms with E-state index in [-0.39, 0.29) is 30.4 Å². The van der Waals surface area contributed by atoms with Gasteiger partial charge in [0.1, 0.15) is 23.9 Å². The van der Waals surface area contributed by atoms with Crippen LogP contribution in [-0.2, 0) is 11.3 Å². The number of nitrogens with zero attached hydrogens (tertiary/aromatic N) is 3. The first-order valence-corrected chi connectivity index (χ1v) is 12.7.